The van der Waals surface area contributed by atoms with Gasteiger partial charge in [-0.3, -0.25) is 0 Å². The van der Waals surface area contributed by atoms with Gasteiger partial charge in [0.15, 0.2) is 0 Å². The molecule has 0 radical (unpaired) electrons. The number of carbonyl (C=O) groups is 1. The first-order chi connectivity index (χ1) is 9.31. The third kappa shape index (κ3) is 15.2. The van der Waals surface area contributed by atoms with Crippen LogP contribution in [0.3, 0.4) is 0 Å². The van der Waals surface area contributed by atoms with Crippen LogP contribution in [0.4, 0.5) is 4.79 Å². The van der Waals surface area contributed by atoms with Crippen LogP contribution in [-0.2, 0) is 14.2 Å². The molecular formula is C15H30O4. The van der Waals surface area contributed by atoms with Gasteiger partial charge >= 0.3 is 6.16 Å². The molecule has 4 heteroatoms. The summed E-state index contributed by atoms with van der Waals surface area (Å²) >= 11 is 0. The first kappa shape index (κ1) is 18.2. The molecule has 4 nitrogen and oxygen atoms in total. The van der Waals surface area contributed by atoms with Crippen LogP contribution in [0.25, 0.3) is 0 Å². The van der Waals surface area contributed by atoms with Crippen molar-refractivity contribution in [2.75, 3.05) is 26.4 Å². The molecule has 0 saturated carbocycles. The largest absolute Gasteiger partial charge is 0.508 e. The number of unbranched alkanes of at least 4 members (excludes halogenated alkanes) is 5. The van der Waals surface area contributed by atoms with Crippen molar-refractivity contribution < 1.29 is 19.0 Å². The Morgan fingerprint density at radius 3 is 1.84 bits per heavy atom. The summed E-state index contributed by atoms with van der Waals surface area (Å²) in [6.07, 6.45) is 7.90. The van der Waals surface area contributed by atoms with E-state index in [0.717, 1.165) is 51.7 Å². The van der Waals surface area contributed by atoms with E-state index in [-0.39, 0.29) is 0 Å². The first-order valence-electron chi connectivity index (χ1n) is 7.68. The predicted octanol–water partition coefficient (Wildman–Crippen LogP) is 4.32. The molecule has 0 fully saturated rings. The third-order valence-corrected chi connectivity index (χ3v) is 2.76. The fourth-order valence-corrected chi connectivity index (χ4v) is 1.54. The number of hydrogen-bond donors (Lipinski definition) is 0. The summed E-state index contributed by atoms with van der Waals surface area (Å²) < 4.78 is 15.3. The van der Waals surface area contributed by atoms with E-state index in [1.807, 2.05) is 0 Å². The van der Waals surface area contributed by atoms with E-state index in [1.54, 1.807) is 0 Å². The second kappa shape index (κ2) is 15.3. The molecule has 0 aromatic heterocycles. The van der Waals surface area contributed by atoms with E-state index in [0.29, 0.717) is 13.2 Å². The summed E-state index contributed by atoms with van der Waals surface area (Å²) in [6, 6.07) is 0. The minimum absolute atomic E-state index is 0.422. The van der Waals surface area contributed by atoms with Crippen molar-refractivity contribution in [1.29, 1.82) is 0 Å². The summed E-state index contributed by atoms with van der Waals surface area (Å²) in [5.74, 6) is 0. The maximum atomic E-state index is 11.2. The molecule has 0 aliphatic heterocycles. The van der Waals surface area contributed by atoms with Crippen LogP contribution >= 0.6 is 0 Å². The number of hydrogen-bond acceptors (Lipinski definition) is 4. The zero-order chi connectivity index (χ0) is 14.2. The lowest BCUT2D eigenvalue weighted by Crippen LogP contribution is -2.10. The molecule has 114 valence electrons. The van der Waals surface area contributed by atoms with Gasteiger partial charge in [-0.05, 0) is 25.7 Å². The van der Waals surface area contributed by atoms with Gasteiger partial charge in [-0.2, -0.15) is 0 Å². The molecule has 0 N–H and O–H groups in total. The highest BCUT2D eigenvalue weighted by Gasteiger charge is 2.02. The van der Waals surface area contributed by atoms with Crippen molar-refractivity contribution in [2.45, 2.75) is 65.2 Å². The Bertz CT molecular complexity index is 195. The van der Waals surface area contributed by atoms with Crippen LogP contribution in [0.2, 0.25) is 0 Å². The topological polar surface area (TPSA) is 44.8 Å². The predicted molar refractivity (Wildman–Crippen MR) is 76.4 cm³/mol. The molecule has 0 rings (SSSR count). The van der Waals surface area contributed by atoms with Gasteiger partial charge in [-0.1, -0.05) is 39.5 Å². The summed E-state index contributed by atoms with van der Waals surface area (Å²) in [5, 5.41) is 0. The summed E-state index contributed by atoms with van der Waals surface area (Å²) in [4.78, 5) is 11.2. The molecule has 0 aromatic rings. The van der Waals surface area contributed by atoms with Crippen LogP contribution in [0.15, 0.2) is 0 Å². The van der Waals surface area contributed by atoms with Crippen molar-refractivity contribution in [3.05, 3.63) is 0 Å². The second-order valence-electron chi connectivity index (χ2n) is 4.68. The van der Waals surface area contributed by atoms with Gasteiger partial charge < -0.3 is 14.2 Å². The lowest BCUT2D eigenvalue weighted by atomic mass is 10.2. The minimum atomic E-state index is -0.539. The van der Waals surface area contributed by atoms with Crippen molar-refractivity contribution in [2.24, 2.45) is 0 Å². The molecular weight excluding hydrogens is 244 g/mol. The van der Waals surface area contributed by atoms with Crippen molar-refractivity contribution in [1.82, 2.24) is 0 Å². The van der Waals surface area contributed by atoms with Crippen LogP contribution < -0.4 is 0 Å². The quantitative estimate of drug-likeness (QED) is 0.371. The normalized spacial score (nSPS) is 10.4. The highest BCUT2D eigenvalue weighted by molar-refractivity contribution is 5.59. The second-order valence-corrected chi connectivity index (χ2v) is 4.68. The average Bonchev–Trinajstić information content (AvgIpc) is 2.41. The van der Waals surface area contributed by atoms with Crippen LogP contribution in [0, 0.1) is 0 Å². The molecule has 19 heavy (non-hydrogen) atoms. The Hall–Kier alpha value is -0.770. The SMILES string of the molecule is CCCCCCOC(=O)OCCCCOCCCC. The minimum Gasteiger partial charge on any atom is -0.434 e. The summed E-state index contributed by atoms with van der Waals surface area (Å²) in [7, 11) is 0. The van der Waals surface area contributed by atoms with Gasteiger partial charge in [-0.25, -0.2) is 4.79 Å². The van der Waals surface area contributed by atoms with Crippen LogP contribution in [0.1, 0.15) is 65.2 Å². The van der Waals surface area contributed by atoms with Crippen molar-refractivity contribution in [3.63, 3.8) is 0 Å². The van der Waals surface area contributed by atoms with Gasteiger partial charge in [0.1, 0.15) is 0 Å². The molecule has 0 spiro atoms. The van der Waals surface area contributed by atoms with Crippen molar-refractivity contribution in [3.8, 4) is 0 Å². The Labute approximate surface area is 117 Å². The third-order valence-electron chi connectivity index (χ3n) is 2.76. The molecule has 0 saturated heterocycles. The van der Waals surface area contributed by atoms with Gasteiger partial charge in [0.2, 0.25) is 0 Å². The molecule has 0 unspecified atom stereocenters. The molecule has 0 atom stereocenters. The highest BCUT2D eigenvalue weighted by atomic mass is 16.7. The van der Waals surface area contributed by atoms with E-state index < -0.39 is 6.16 Å². The maximum absolute atomic E-state index is 11.2. The number of carbonyl (C=O) groups excluding carboxylic acids is 1. The van der Waals surface area contributed by atoms with E-state index in [4.69, 9.17) is 14.2 Å². The Morgan fingerprint density at radius 1 is 0.684 bits per heavy atom. The van der Waals surface area contributed by atoms with Gasteiger partial charge in [-0.15, -0.1) is 0 Å². The van der Waals surface area contributed by atoms with E-state index in [9.17, 15) is 4.79 Å². The fraction of sp³-hybridized carbons (Fsp3) is 0.933. The van der Waals surface area contributed by atoms with Gasteiger partial charge in [0.25, 0.3) is 0 Å². The highest BCUT2D eigenvalue weighted by Crippen LogP contribution is 2.00. The van der Waals surface area contributed by atoms with Gasteiger partial charge in [0.05, 0.1) is 13.2 Å². The Balaban J connectivity index is 3.12. The number of rotatable bonds is 13. The monoisotopic (exact) mass is 274 g/mol. The maximum Gasteiger partial charge on any atom is 0.508 e. The first-order valence-corrected chi connectivity index (χ1v) is 7.68. The summed E-state index contributed by atoms with van der Waals surface area (Å²) in [5.41, 5.74) is 0. The van der Waals surface area contributed by atoms with Crippen LogP contribution in [-0.4, -0.2) is 32.6 Å². The van der Waals surface area contributed by atoms with E-state index in [2.05, 4.69) is 13.8 Å². The molecule has 0 aliphatic rings. The fourth-order valence-electron chi connectivity index (χ4n) is 1.54. The lowest BCUT2D eigenvalue weighted by Gasteiger charge is -2.06. The molecule has 0 aliphatic carbocycles. The van der Waals surface area contributed by atoms with E-state index >= 15 is 0 Å². The van der Waals surface area contributed by atoms with Crippen LogP contribution in [0.5, 0.6) is 0 Å². The van der Waals surface area contributed by atoms with E-state index in [1.165, 1.54) is 12.8 Å². The average molecular weight is 274 g/mol. The summed E-state index contributed by atoms with van der Waals surface area (Å²) in [6.45, 7) is 6.77. The Morgan fingerprint density at radius 2 is 1.21 bits per heavy atom. The van der Waals surface area contributed by atoms with Crippen molar-refractivity contribution >= 4 is 6.16 Å². The zero-order valence-electron chi connectivity index (χ0n) is 12.6. The smallest absolute Gasteiger partial charge is 0.434 e. The number of ether oxygens (including phenoxy) is 3. The zero-order valence-corrected chi connectivity index (χ0v) is 12.6. The Kier molecular flexibility index (Phi) is 14.7. The van der Waals surface area contributed by atoms with Gasteiger partial charge in [0, 0.05) is 13.2 Å². The molecule has 0 aromatic carbocycles. The lowest BCUT2D eigenvalue weighted by molar-refractivity contribution is 0.0501. The standard InChI is InChI=1S/C15H30O4/c1-3-5-7-8-13-18-15(16)19-14-10-9-12-17-11-6-4-2/h3-14H2,1-2H3. The molecule has 0 bridgehead atoms. The molecule has 0 amide bonds. The molecule has 0 heterocycles.